The number of aryl methyl sites for hydroxylation is 1. The zero-order valence-electron chi connectivity index (χ0n) is 10.9. The van der Waals surface area contributed by atoms with Gasteiger partial charge in [-0.15, -0.1) is 11.3 Å². The van der Waals surface area contributed by atoms with Crippen molar-refractivity contribution < 1.29 is 0 Å². The zero-order chi connectivity index (χ0) is 12.1. The average Bonchev–Trinajstić information content (AvgIpc) is 2.64. The van der Waals surface area contributed by atoms with E-state index in [9.17, 15) is 0 Å². The SMILES string of the molecule is CCN(CC(C)C)C(CN)c1sccc1C. The molecule has 0 saturated carbocycles. The molecular weight excluding hydrogens is 216 g/mol. The fourth-order valence-electron chi connectivity index (χ4n) is 2.09. The highest BCUT2D eigenvalue weighted by molar-refractivity contribution is 7.10. The molecule has 1 heterocycles. The third-order valence-corrected chi connectivity index (χ3v) is 3.99. The minimum Gasteiger partial charge on any atom is -0.329 e. The van der Waals surface area contributed by atoms with Gasteiger partial charge in [0.2, 0.25) is 0 Å². The number of nitrogens with two attached hydrogens (primary N) is 1. The van der Waals surface area contributed by atoms with Crippen LogP contribution >= 0.6 is 11.3 Å². The highest BCUT2D eigenvalue weighted by Gasteiger charge is 2.20. The number of thiophene rings is 1. The van der Waals surface area contributed by atoms with Crippen LogP contribution in [-0.4, -0.2) is 24.5 Å². The molecule has 2 nitrogen and oxygen atoms in total. The number of likely N-dealkylation sites (N-methyl/N-ethyl adjacent to an activating group) is 1. The summed E-state index contributed by atoms with van der Waals surface area (Å²) >= 11 is 1.83. The molecule has 0 aliphatic rings. The molecule has 1 aromatic heterocycles. The van der Waals surface area contributed by atoms with E-state index in [0.717, 1.165) is 13.1 Å². The lowest BCUT2D eigenvalue weighted by atomic mass is 10.1. The molecule has 0 bridgehead atoms. The molecule has 1 rings (SSSR count). The first-order valence-corrected chi connectivity index (χ1v) is 6.96. The Kier molecular flexibility index (Phi) is 5.46. The van der Waals surface area contributed by atoms with E-state index in [1.807, 2.05) is 11.3 Å². The van der Waals surface area contributed by atoms with Gasteiger partial charge in [0.1, 0.15) is 0 Å². The first kappa shape index (κ1) is 13.7. The van der Waals surface area contributed by atoms with Crippen molar-refractivity contribution in [2.75, 3.05) is 19.6 Å². The second kappa shape index (κ2) is 6.38. The zero-order valence-corrected chi connectivity index (χ0v) is 11.7. The molecule has 1 unspecified atom stereocenters. The van der Waals surface area contributed by atoms with Crippen LogP contribution in [0.15, 0.2) is 11.4 Å². The molecule has 3 heteroatoms. The summed E-state index contributed by atoms with van der Waals surface area (Å²) in [7, 11) is 0. The van der Waals surface area contributed by atoms with Crippen LogP contribution in [0.25, 0.3) is 0 Å². The maximum atomic E-state index is 5.95. The van der Waals surface area contributed by atoms with Gasteiger partial charge in [-0.05, 0) is 36.4 Å². The van der Waals surface area contributed by atoms with Gasteiger partial charge in [-0.1, -0.05) is 20.8 Å². The molecule has 1 atom stereocenters. The Labute approximate surface area is 103 Å². The summed E-state index contributed by atoms with van der Waals surface area (Å²) in [5.74, 6) is 0.689. The lowest BCUT2D eigenvalue weighted by Gasteiger charge is -2.31. The monoisotopic (exact) mass is 240 g/mol. The summed E-state index contributed by atoms with van der Waals surface area (Å²) in [5.41, 5.74) is 7.33. The van der Waals surface area contributed by atoms with Gasteiger partial charge in [0, 0.05) is 18.0 Å². The van der Waals surface area contributed by atoms with E-state index in [0.29, 0.717) is 18.5 Å². The van der Waals surface area contributed by atoms with E-state index >= 15 is 0 Å². The van der Waals surface area contributed by atoms with Crippen molar-refractivity contribution in [1.29, 1.82) is 0 Å². The molecule has 0 aromatic carbocycles. The summed E-state index contributed by atoms with van der Waals surface area (Å²) in [5, 5.41) is 2.16. The fraction of sp³-hybridized carbons (Fsp3) is 0.692. The maximum Gasteiger partial charge on any atom is 0.0566 e. The number of rotatable bonds is 6. The first-order valence-electron chi connectivity index (χ1n) is 6.08. The fourth-order valence-corrected chi connectivity index (χ4v) is 3.17. The van der Waals surface area contributed by atoms with Crippen molar-refractivity contribution in [2.24, 2.45) is 11.7 Å². The molecular formula is C13H24N2S. The van der Waals surface area contributed by atoms with E-state index in [1.54, 1.807) is 0 Å². The van der Waals surface area contributed by atoms with E-state index in [-0.39, 0.29) is 0 Å². The van der Waals surface area contributed by atoms with Gasteiger partial charge in [-0.2, -0.15) is 0 Å². The molecule has 2 N–H and O–H groups in total. The van der Waals surface area contributed by atoms with Gasteiger partial charge < -0.3 is 5.73 Å². The lowest BCUT2D eigenvalue weighted by Crippen LogP contribution is -2.36. The number of nitrogens with zero attached hydrogens (tertiary/aromatic N) is 1. The Morgan fingerprint density at radius 1 is 1.44 bits per heavy atom. The van der Waals surface area contributed by atoms with Crippen molar-refractivity contribution in [2.45, 2.75) is 33.7 Å². The van der Waals surface area contributed by atoms with Crippen LogP contribution in [0.5, 0.6) is 0 Å². The maximum absolute atomic E-state index is 5.95. The quantitative estimate of drug-likeness (QED) is 0.828. The highest BCUT2D eigenvalue weighted by Crippen LogP contribution is 2.28. The van der Waals surface area contributed by atoms with Crippen LogP contribution in [0.4, 0.5) is 0 Å². The predicted octanol–water partition coefficient (Wildman–Crippen LogP) is 3.03. The minimum atomic E-state index is 0.396. The smallest absolute Gasteiger partial charge is 0.0566 e. The van der Waals surface area contributed by atoms with Crippen LogP contribution in [0.1, 0.15) is 37.3 Å². The summed E-state index contributed by atoms with van der Waals surface area (Å²) in [6, 6.07) is 2.58. The largest absolute Gasteiger partial charge is 0.329 e. The predicted molar refractivity (Wildman–Crippen MR) is 72.9 cm³/mol. The lowest BCUT2D eigenvalue weighted by molar-refractivity contribution is 0.191. The van der Waals surface area contributed by atoms with Crippen LogP contribution < -0.4 is 5.73 Å². The first-order chi connectivity index (χ1) is 7.60. The second-order valence-electron chi connectivity index (χ2n) is 4.70. The van der Waals surface area contributed by atoms with E-state index in [1.165, 1.54) is 10.4 Å². The molecule has 0 amide bonds. The second-order valence-corrected chi connectivity index (χ2v) is 5.65. The summed E-state index contributed by atoms with van der Waals surface area (Å²) in [4.78, 5) is 3.92. The van der Waals surface area contributed by atoms with Gasteiger partial charge >= 0.3 is 0 Å². The molecule has 92 valence electrons. The van der Waals surface area contributed by atoms with Crippen molar-refractivity contribution >= 4 is 11.3 Å². The van der Waals surface area contributed by atoms with Crippen molar-refractivity contribution in [3.63, 3.8) is 0 Å². The molecule has 0 saturated heterocycles. The number of hydrogen-bond acceptors (Lipinski definition) is 3. The third kappa shape index (κ3) is 3.30. The molecule has 0 aliphatic carbocycles. The number of hydrogen-bond donors (Lipinski definition) is 1. The normalized spacial score (nSPS) is 13.7. The Morgan fingerprint density at radius 3 is 2.50 bits per heavy atom. The van der Waals surface area contributed by atoms with Gasteiger partial charge in [0.05, 0.1) is 6.04 Å². The molecule has 0 radical (unpaired) electrons. The highest BCUT2D eigenvalue weighted by atomic mass is 32.1. The van der Waals surface area contributed by atoms with E-state index < -0.39 is 0 Å². The van der Waals surface area contributed by atoms with E-state index in [2.05, 4.69) is 44.0 Å². The summed E-state index contributed by atoms with van der Waals surface area (Å²) in [6.07, 6.45) is 0. The molecule has 0 aliphatic heterocycles. The van der Waals surface area contributed by atoms with Crippen molar-refractivity contribution in [3.05, 3.63) is 21.9 Å². The summed E-state index contributed by atoms with van der Waals surface area (Å²) in [6.45, 7) is 11.8. The summed E-state index contributed by atoms with van der Waals surface area (Å²) < 4.78 is 0. The third-order valence-electron chi connectivity index (χ3n) is 2.87. The van der Waals surface area contributed by atoms with Crippen LogP contribution in [0.2, 0.25) is 0 Å². The Balaban J connectivity index is 2.83. The van der Waals surface area contributed by atoms with E-state index in [4.69, 9.17) is 5.73 Å². The van der Waals surface area contributed by atoms with Gasteiger partial charge in [0.25, 0.3) is 0 Å². The standard InChI is InChI=1S/C13H24N2S/c1-5-15(9-10(2)3)12(8-14)13-11(4)6-7-16-13/h6-7,10,12H,5,8-9,14H2,1-4H3. The Morgan fingerprint density at radius 2 is 2.12 bits per heavy atom. The molecule has 0 spiro atoms. The topological polar surface area (TPSA) is 29.3 Å². The van der Waals surface area contributed by atoms with Gasteiger partial charge in [-0.3, -0.25) is 4.90 Å². The molecule has 16 heavy (non-hydrogen) atoms. The van der Waals surface area contributed by atoms with Crippen molar-refractivity contribution in [3.8, 4) is 0 Å². The van der Waals surface area contributed by atoms with Crippen molar-refractivity contribution in [1.82, 2.24) is 4.90 Å². The van der Waals surface area contributed by atoms with Gasteiger partial charge in [-0.25, -0.2) is 0 Å². The van der Waals surface area contributed by atoms with Crippen LogP contribution in [0, 0.1) is 12.8 Å². The average molecular weight is 240 g/mol. The molecule has 1 aromatic rings. The Bertz CT molecular complexity index is 307. The van der Waals surface area contributed by atoms with Crippen LogP contribution in [0.3, 0.4) is 0 Å². The van der Waals surface area contributed by atoms with Crippen LogP contribution in [-0.2, 0) is 0 Å². The Hall–Kier alpha value is -0.380. The molecule has 0 fully saturated rings. The van der Waals surface area contributed by atoms with Gasteiger partial charge in [0.15, 0.2) is 0 Å². The minimum absolute atomic E-state index is 0.396.